The van der Waals surface area contributed by atoms with Crippen LogP contribution in [0.25, 0.3) is 0 Å². The molecule has 0 radical (unpaired) electrons. The lowest BCUT2D eigenvalue weighted by Gasteiger charge is -2.17. The Morgan fingerprint density at radius 3 is 1.96 bits per heavy atom. The molecule has 148 valence electrons. The third-order valence-electron chi connectivity index (χ3n) is 3.18. The molecule has 13 heteroatoms. The molecule has 0 saturated heterocycles. The number of sulfonamides is 1. The first-order chi connectivity index (χ1) is 12.3. The average Bonchev–Trinajstić information content (AvgIpc) is 2.54. The number of ether oxygens (including phenoxy) is 1. The normalized spacial score (nSPS) is 12.2. The Morgan fingerprint density at radius 2 is 1.48 bits per heavy atom. The minimum atomic E-state index is -5.89. The molecule has 0 spiro atoms. The summed E-state index contributed by atoms with van der Waals surface area (Å²) in [5.74, 6) is -12.8. The Labute approximate surface area is 146 Å². The zero-order chi connectivity index (χ0) is 20.7. The standard InChI is InChI=1S/C14H7F8NO3S/c1-26-7-3-2-5(4-6(7)15)23-27(24,25)13-8(14(20,21)22)9(16)10(17)11(18)12(13)19/h2-4,23H,1H3. The van der Waals surface area contributed by atoms with Crippen LogP contribution >= 0.6 is 0 Å². The molecule has 0 saturated carbocycles. The maximum Gasteiger partial charge on any atom is 0.420 e. The van der Waals surface area contributed by atoms with Crippen molar-refractivity contribution in [2.75, 3.05) is 11.8 Å². The number of rotatable bonds is 4. The summed E-state index contributed by atoms with van der Waals surface area (Å²) in [6.07, 6.45) is -5.89. The Kier molecular flexibility index (Phi) is 5.27. The van der Waals surface area contributed by atoms with Gasteiger partial charge in [0.2, 0.25) is 0 Å². The smallest absolute Gasteiger partial charge is 0.420 e. The second kappa shape index (κ2) is 6.87. The van der Waals surface area contributed by atoms with Crippen LogP contribution in [0.2, 0.25) is 0 Å². The number of benzene rings is 2. The number of halogens is 8. The molecule has 2 rings (SSSR count). The second-order valence-corrected chi connectivity index (χ2v) is 6.53. The number of anilines is 1. The Hall–Kier alpha value is -2.57. The first kappa shape index (κ1) is 20.7. The number of hydrogen-bond donors (Lipinski definition) is 1. The van der Waals surface area contributed by atoms with E-state index in [9.17, 15) is 43.5 Å². The first-order valence-electron chi connectivity index (χ1n) is 6.60. The Bertz CT molecular complexity index is 1000. The van der Waals surface area contributed by atoms with Crippen LogP contribution in [0.3, 0.4) is 0 Å². The largest absolute Gasteiger partial charge is 0.494 e. The topological polar surface area (TPSA) is 55.4 Å². The number of alkyl halides is 3. The van der Waals surface area contributed by atoms with Gasteiger partial charge in [0.1, 0.15) is 10.5 Å². The molecule has 0 aromatic heterocycles. The van der Waals surface area contributed by atoms with Crippen molar-refractivity contribution >= 4 is 15.7 Å². The SMILES string of the molecule is COc1ccc(NS(=O)(=O)c2c(F)c(F)c(F)c(F)c2C(F)(F)F)cc1F. The van der Waals surface area contributed by atoms with Gasteiger partial charge in [-0.15, -0.1) is 0 Å². The lowest BCUT2D eigenvalue weighted by molar-refractivity contribution is -0.143. The number of nitrogens with one attached hydrogen (secondary N) is 1. The quantitative estimate of drug-likeness (QED) is 0.457. The molecule has 0 atom stereocenters. The summed E-state index contributed by atoms with van der Waals surface area (Å²) in [7, 11) is -4.59. The van der Waals surface area contributed by atoms with Gasteiger partial charge in [-0.05, 0) is 12.1 Å². The molecule has 0 bridgehead atoms. The molecule has 0 aliphatic rings. The van der Waals surface area contributed by atoms with E-state index in [4.69, 9.17) is 0 Å². The molecule has 2 aromatic rings. The van der Waals surface area contributed by atoms with E-state index in [1.165, 1.54) is 4.72 Å². The molecule has 0 amide bonds. The molecular weight excluding hydrogens is 414 g/mol. The molecule has 0 fully saturated rings. The van der Waals surface area contributed by atoms with Gasteiger partial charge in [0, 0.05) is 6.07 Å². The van der Waals surface area contributed by atoms with Gasteiger partial charge in [0.15, 0.2) is 34.8 Å². The molecule has 1 N–H and O–H groups in total. The third kappa shape index (κ3) is 3.77. The maximum atomic E-state index is 13.8. The molecule has 0 aliphatic carbocycles. The van der Waals surface area contributed by atoms with Crippen molar-refractivity contribution in [1.82, 2.24) is 0 Å². The Morgan fingerprint density at radius 1 is 0.926 bits per heavy atom. The monoisotopic (exact) mass is 421 g/mol. The zero-order valence-electron chi connectivity index (χ0n) is 12.9. The highest BCUT2D eigenvalue weighted by molar-refractivity contribution is 7.92. The van der Waals surface area contributed by atoms with Crippen molar-refractivity contribution in [2.24, 2.45) is 0 Å². The number of hydrogen-bond acceptors (Lipinski definition) is 3. The van der Waals surface area contributed by atoms with E-state index in [1.54, 1.807) is 0 Å². The fraction of sp³-hybridized carbons (Fsp3) is 0.143. The van der Waals surface area contributed by atoms with E-state index in [1.807, 2.05) is 0 Å². The molecule has 0 aliphatic heterocycles. The predicted octanol–water partition coefficient (Wildman–Crippen LogP) is 4.21. The summed E-state index contributed by atoms with van der Waals surface area (Å²) < 4.78 is 136. The lowest BCUT2D eigenvalue weighted by atomic mass is 10.2. The zero-order valence-corrected chi connectivity index (χ0v) is 13.7. The van der Waals surface area contributed by atoms with Crippen LogP contribution in [0.15, 0.2) is 23.1 Å². The Balaban J connectivity index is 2.70. The van der Waals surface area contributed by atoms with Crippen molar-refractivity contribution in [3.8, 4) is 5.75 Å². The van der Waals surface area contributed by atoms with Crippen molar-refractivity contribution < 1.29 is 48.3 Å². The van der Waals surface area contributed by atoms with Crippen molar-refractivity contribution in [3.05, 3.63) is 52.8 Å². The van der Waals surface area contributed by atoms with E-state index in [0.29, 0.717) is 6.07 Å². The van der Waals surface area contributed by atoms with Crippen LogP contribution in [-0.4, -0.2) is 15.5 Å². The van der Waals surface area contributed by atoms with Gasteiger partial charge >= 0.3 is 6.18 Å². The van der Waals surface area contributed by atoms with Crippen LogP contribution in [-0.2, 0) is 16.2 Å². The van der Waals surface area contributed by atoms with Gasteiger partial charge in [-0.1, -0.05) is 0 Å². The summed E-state index contributed by atoms with van der Waals surface area (Å²) in [6.45, 7) is 0. The fourth-order valence-corrected chi connectivity index (χ4v) is 3.39. The van der Waals surface area contributed by atoms with Crippen molar-refractivity contribution in [2.45, 2.75) is 11.1 Å². The second-order valence-electron chi connectivity index (χ2n) is 4.91. The minimum Gasteiger partial charge on any atom is -0.494 e. The van der Waals surface area contributed by atoms with Gasteiger partial charge in [-0.2, -0.15) is 13.2 Å². The summed E-state index contributed by atoms with van der Waals surface area (Å²) in [4.78, 5) is -2.51. The highest BCUT2D eigenvalue weighted by atomic mass is 32.2. The van der Waals surface area contributed by atoms with E-state index in [-0.39, 0.29) is 5.75 Å². The third-order valence-corrected chi connectivity index (χ3v) is 4.61. The molecule has 27 heavy (non-hydrogen) atoms. The summed E-state index contributed by atoms with van der Waals surface area (Å²) in [6, 6.07) is 2.15. The van der Waals surface area contributed by atoms with Gasteiger partial charge in [0.25, 0.3) is 10.0 Å². The van der Waals surface area contributed by atoms with Crippen molar-refractivity contribution in [1.29, 1.82) is 0 Å². The van der Waals surface area contributed by atoms with Crippen LogP contribution < -0.4 is 9.46 Å². The minimum absolute atomic E-state index is 0.362. The molecule has 0 heterocycles. The number of methoxy groups -OCH3 is 1. The average molecular weight is 421 g/mol. The van der Waals surface area contributed by atoms with Crippen molar-refractivity contribution in [3.63, 3.8) is 0 Å². The van der Waals surface area contributed by atoms with Gasteiger partial charge in [-0.25, -0.2) is 30.4 Å². The predicted molar refractivity (Wildman–Crippen MR) is 75.0 cm³/mol. The molecular formula is C14H7F8NO3S. The van der Waals surface area contributed by atoms with Crippen LogP contribution in [0, 0.1) is 29.1 Å². The van der Waals surface area contributed by atoms with Crippen LogP contribution in [0.5, 0.6) is 5.75 Å². The maximum absolute atomic E-state index is 13.8. The van der Waals surface area contributed by atoms with E-state index >= 15 is 0 Å². The fourth-order valence-electron chi connectivity index (χ4n) is 2.05. The van der Waals surface area contributed by atoms with E-state index < -0.39 is 61.4 Å². The van der Waals surface area contributed by atoms with Gasteiger partial charge < -0.3 is 4.74 Å². The van der Waals surface area contributed by atoms with E-state index in [2.05, 4.69) is 4.74 Å². The van der Waals surface area contributed by atoms with Crippen LogP contribution in [0.4, 0.5) is 40.8 Å². The lowest BCUT2D eigenvalue weighted by Crippen LogP contribution is -2.24. The highest BCUT2D eigenvalue weighted by Crippen LogP contribution is 2.40. The van der Waals surface area contributed by atoms with Crippen LogP contribution in [0.1, 0.15) is 5.56 Å². The summed E-state index contributed by atoms with van der Waals surface area (Å²) in [5, 5.41) is 0. The van der Waals surface area contributed by atoms with E-state index in [0.717, 1.165) is 19.2 Å². The van der Waals surface area contributed by atoms with Gasteiger partial charge in [-0.3, -0.25) is 4.72 Å². The molecule has 2 aromatic carbocycles. The highest BCUT2D eigenvalue weighted by Gasteiger charge is 2.46. The molecule has 0 unspecified atom stereocenters. The summed E-state index contributed by atoms with van der Waals surface area (Å²) in [5.41, 5.74) is -3.59. The van der Waals surface area contributed by atoms with Gasteiger partial charge in [0.05, 0.1) is 12.8 Å². The first-order valence-corrected chi connectivity index (χ1v) is 8.09. The molecule has 4 nitrogen and oxygen atoms in total. The summed E-state index contributed by atoms with van der Waals surface area (Å²) >= 11 is 0.